The summed E-state index contributed by atoms with van der Waals surface area (Å²) >= 11 is 0. The van der Waals surface area contributed by atoms with Crippen LogP contribution >= 0.6 is 0 Å². The standard InChI is InChI=1S/C20H24N4O2/c1-4-8-17(25)20(26)24-12-11-15-16(13-24)21-18(22-19(15)23(2)3)14-9-6-5-7-10-14/h5-7,9-10H,4,8,11-13H2,1-3H3. The number of anilines is 1. The number of amides is 1. The Morgan fingerprint density at radius 2 is 1.88 bits per heavy atom. The van der Waals surface area contributed by atoms with E-state index in [-0.39, 0.29) is 5.78 Å². The number of carbonyl (C=O) groups excluding carboxylic acids is 2. The van der Waals surface area contributed by atoms with Gasteiger partial charge in [-0.25, -0.2) is 9.97 Å². The Bertz CT molecular complexity index is 818. The summed E-state index contributed by atoms with van der Waals surface area (Å²) in [4.78, 5) is 37.4. The molecule has 0 radical (unpaired) electrons. The summed E-state index contributed by atoms with van der Waals surface area (Å²) in [5.74, 6) is 0.799. The van der Waals surface area contributed by atoms with Crippen LogP contribution in [0.15, 0.2) is 30.3 Å². The molecule has 0 fully saturated rings. The van der Waals surface area contributed by atoms with Crippen molar-refractivity contribution in [3.63, 3.8) is 0 Å². The Morgan fingerprint density at radius 3 is 2.54 bits per heavy atom. The Kier molecular flexibility index (Phi) is 5.30. The van der Waals surface area contributed by atoms with Crippen molar-refractivity contribution in [2.75, 3.05) is 25.5 Å². The third-order valence-corrected chi connectivity index (χ3v) is 4.50. The molecule has 1 aliphatic heterocycles. The number of fused-ring (bicyclic) bond motifs is 1. The van der Waals surface area contributed by atoms with Gasteiger partial charge in [0.2, 0.25) is 5.78 Å². The number of carbonyl (C=O) groups is 2. The van der Waals surface area contributed by atoms with Crippen molar-refractivity contribution in [1.82, 2.24) is 14.9 Å². The smallest absolute Gasteiger partial charge is 0.290 e. The summed E-state index contributed by atoms with van der Waals surface area (Å²) in [5, 5.41) is 0. The molecular weight excluding hydrogens is 328 g/mol. The predicted molar refractivity (Wildman–Crippen MR) is 101 cm³/mol. The molecule has 2 heterocycles. The number of nitrogens with zero attached hydrogens (tertiary/aromatic N) is 4. The minimum atomic E-state index is -0.399. The topological polar surface area (TPSA) is 66.4 Å². The highest BCUT2D eigenvalue weighted by atomic mass is 16.2. The first-order valence-electron chi connectivity index (χ1n) is 8.96. The highest BCUT2D eigenvalue weighted by Crippen LogP contribution is 2.28. The fourth-order valence-electron chi connectivity index (χ4n) is 3.18. The summed E-state index contributed by atoms with van der Waals surface area (Å²) in [6, 6.07) is 9.79. The zero-order valence-corrected chi connectivity index (χ0v) is 15.5. The van der Waals surface area contributed by atoms with Crippen molar-refractivity contribution in [2.45, 2.75) is 32.7 Å². The summed E-state index contributed by atoms with van der Waals surface area (Å²) < 4.78 is 0. The molecule has 1 amide bonds. The van der Waals surface area contributed by atoms with E-state index in [0.717, 1.165) is 22.6 Å². The SMILES string of the molecule is CCCC(=O)C(=O)N1CCc2c(nc(-c3ccccc3)nc2N(C)C)C1. The average molecular weight is 352 g/mol. The summed E-state index contributed by atoms with van der Waals surface area (Å²) in [6.45, 7) is 2.78. The lowest BCUT2D eigenvalue weighted by Gasteiger charge is -2.30. The maximum atomic E-state index is 12.4. The molecule has 26 heavy (non-hydrogen) atoms. The van der Waals surface area contributed by atoms with Crippen molar-refractivity contribution in [2.24, 2.45) is 0 Å². The van der Waals surface area contributed by atoms with Gasteiger partial charge in [-0.2, -0.15) is 0 Å². The van der Waals surface area contributed by atoms with E-state index in [2.05, 4.69) is 0 Å². The molecule has 0 bridgehead atoms. The molecule has 0 saturated heterocycles. The zero-order valence-electron chi connectivity index (χ0n) is 15.5. The molecule has 6 heteroatoms. The second kappa shape index (κ2) is 7.64. The molecule has 1 aliphatic rings. The molecule has 0 saturated carbocycles. The van der Waals surface area contributed by atoms with Gasteiger partial charge in [0.1, 0.15) is 5.82 Å². The minimum absolute atomic E-state index is 0.296. The van der Waals surface area contributed by atoms with Gasteiger partial charge in [-0.15, -0.1) is 0 Å². The van der Waals surface area contributed by atoms with Crippen LogP contribution in [0.2, 0.25) is 0 Å². The second-order valence-electron chi connectivity index (χ2n) is 6.71. The molecule has 0 N–H and O–H groups in total. The van der Waals surface area contributed by atoms with Crippen LogP contribution in [0.5, 0.6) is 0 Å². The molecule has 0 spiro atoms. The van der Waals surface area contributed by atoms with Crippen LogP contribution in [0.4, 0.5) is 5.82 Å². The first kappa shape index (κ1) is 18.0. The maximum absolute atomic E-state index is 12.4. The van der Waals surface area contributed by atoms with Crippen molar-refractivity contribution >= 4 is 17.5 Å². The van der Waals surface area contributed by atoms with E-state index in [1.54, 1.807) is 4.90 Å². The lowest BCUT2D eigenvalue weighted by atomic mass is 10.0. The Balaban J connectivity index is 1.97. The van der Waals surface area contributed by atoms with Crippen LogP contribution < -0.4 is 4.90 Å². The van der Waals surface area contributed by atoms with Crippen molar-refractivity contribution in [3.8, 4) is 11.4 Å². The van der Waals surface area contributed by atoms with E-state index in [0.29, 0.717) is 38.2 Å². The van der Waals surface area contributed by atoms with Gasteiger partial charge in [-0.3, -0.25) is 9.59 Å². The third-order valence-electron chi connectivity index (χ3n) is 4.50. The molecule has 3 rings (SSSR count). The molecule has 6 nitrogen and oxygen atoms in total. The van der Waals surface area contributed by atoms with Crippen LogP contribution in [0.1, 0.15) is 31.0 Å². The van der Waals surface area contributed by atoms with Gasteiger partial charge in [-0.05, 0) is 12.8 Å². The van der Waals surface area contributed by atoms with Gasteiger partial charge in [0, 0.05) is 38.2 Å². The van der Waals surface area contributed by atoms with E-state index >= 15 is 0 Å². The third kappa shape index (κ3) is 3.59. The largest absolute Gasteiger partial charge is 0.362 e. The van der Waals surface area contributed by atoms with Gasteiger partial charge in [0.05, 0.1) is 12.2 Å². The van der Waals surface area contributed by atoms with Crippen molar-refractivity contribution in [1.29, 1.82) is 0 Å². The number of ketones is 1. The molecule has 1 aromatic carbocycles. The van der Waals surface area contributed by atoms with Gasteiger partial charge in [0.25, 0.3) is 5.91 Å². The lowest BCUT2D eigenvalue weighted by molar-refractivity contribution is -0.145. The first-order valence-corrected chi connectivity index (χ1v) is 8.96. The second-order valence-corrected chi connectivity index (χ2v) is 6.71. The average Bonchev–Trinajstić information content (AvgIpc) is 2.66. The van der Waals surface area contributed by atoms with Crippen molar-refractivity contribution in [3.05, 3.63) is 41.6 Å². The highest BCUT2D eigenvalue weighted by molar-refractivity contribution is 6.36. The van der Waals surface area contributed by atoms with E-state index < -0.39 is 5.91 Å². The normalized spacial score (nSPS) is 13.3. The molecule has 0 unspecified atom stereocenters. The van der Waals surface area contributed by atoms with Crippen LogP contribution in [0.3, 0.4) is 0 Å². The van der Waals surface area contributed by atoms with Gasteiger partial charge < -0.3 is 9.80 Å². The number of rotatable bonds is 5. The van der Waals surface area contributed by atoms with Gasteiger partial charge in [-0.1, -0.05) is 37.3 Å². The molecule has 136 valence electrons. The quantitative estimate of drug-likeness (QED) is 0.774. The summed E-state index contributed by atoms with van der Waals surface area (Å²) in [5.41, 5.74) is 2.82. The molecule has 1 aromatic heterocycles. The van der Waals surface area contributed by atoms with Crippen LogP contribution in [-0.4, -0.2) is 47.2 Å². The van der Waals surface area contributed by atoms with Gasteiger partial charge >= 0.3 is 0 Å². The van der Waals surface area contributed by atoms with Gasteiger partial charge in [0.15, 0.2) is 5.82 Å². The van der Waals surface area contributed by atoms with Crippen LogP contribution in [0.25, 0.3) is 11.4 Å². The number of Topliss-reactive ketones (excluding diaryl/α,β-unsaturated/α-hetero) is 1. The molecule has 0 atom stereocenters. The zero-order chi connectivity index (χ0) is 18.7. The van der Waals surface area contributed by atoms with E-state index in [4.69, 9.17) is 9.97 Å². The van der Waals surface area contributed by atoms with E-state index in [9.17, 15) is 9.59 Å². The molecule has 0 aliphatic carbocycles. The van der Waals surface area contributed by atoms with Crippen molar-refractivity contribution < 1.29 is 9.59 Å². The highest BCUT2D eigenvalue weighted by Gasteiger charge is 2.28. The number of hydrogen-bond donors (Lipinski definition) is 0. The van der Waals surface area contributed by atoms with E-state index in [1.165, 1.54) is 0 Å². The molecule has 2 aromatic rings. The Hall–Kier alpha value is -2.76. The number of hydrogen-bond acceptors (Lipinski definition) is 5. The van der Waals surface area contributed by atoms with E-state index in [1.807, 2.05) is 56.3 Å². The first-order chi connectivity index (χ1) is 12.5. The van der Waals surface area contributed by atoms with Crippen LogP contribution in [-0.2, 0) is 22.6 Å². The minimum Gasteiger partial charge on any atom is -0.362 e. The fraction of sp³-hybridized carbons (Fsp3) is 0.400. The maximum Gasteiger partial charge on any atom is 0.290 e. The lowest BCUT2D eigenvalue weighted by Crippen LogP contribution is -2.41. The Labute approximate surface area is 153 Å². The molecular formula is C20H24N4O2. The number of benzene rings is 1. The summed E-state index contributed by atoms with van der Waals surface area (Å²) in [6.07, 6.45) is 1.63. The monoisotopic (exact) mass is 352 g/mol. The Morgan fingerprint density at radius 1 is 1.15 bits per heavy atom. The predicted octanol–water partition coefficient (Wildman–Crippen LogP) is 2.46. The van der Waals surface area contributed by atoms with Crippen LogP contribution in [0, 0.1) is 0 Å². The number of aromatic nitrogens is 2. The fourth-order valence-corrected chi connectivity index (χ4v) is 3.18. The summed E-state index contributed by atoms with van der Waals surface area (Å²) in [7, 11) is 3.92.